The van der Waals surface area contributed by atoms with Crippen LogP contribution in [0.5, 0.6) is 0 Å². The van der Waals surface area contributed by atoms with Gasteiger partial charge in [0.15, 0.2) is 0 Å². The third-order valence-electron chi connectivity index (χ3n) is 2.02. The topological polar surface area (TPSA) is 63.5 Å². The van der Waals surface area contributed by atoms with Crippen molar-refractivity contribution >= 4 is 5.52 Å². The smallest absolute Gasteiger partial charge is 0.108 e. The van der Waals surface area contributed by atoms with E-state index in [4.69, 9.17) is 5.73 Å². The summed E-state index contributed by atoms with van der Waals surface area (Å²) >= 11 is 0. The van der Waals surface area contributed by atoms with Crippen LogP contribution in [-0.4, -0.2) is 21.3 Å². The van der Waals surface area contributed by atoms with Crippen molar-refractivity contribution in [3.63, 3.8) is 0 Å². The molecule has 0 radical (unpaired) electrons. The first-order valence-corrected chi connectivity index (χ1v) is 4.13. The summed E-state index contributed by atoms with van der Waals surface area (Å²) in [5, 5.41) is 13.6. The van der Waals surface area contributed by atoms with E-state index in [0.29, 0.717) is 0 Å². The van der Waals surface area contributed by atoms with Gasteiger partial charge in [-0.15, -0.1) is 0 Å². The molecule has 0 saturated carbocycles. The van der Waals surface area contributed by atoms with E-state index in [0.717, 1.165) is 11.2 Å². The molecule has 1 unspecified atom stereocenters. The zero-order valence-corrected chi connectivity index (χ0v) is 7.09. The van der Waals surface area contributed by atoms with Gasteiger partial charge < -0.3 is 10.8 Å². The van der Waals surface area contributed by atoms with Crippen LogP contribution in [0.3, 0.4) is 0 Å². The Bertz CT molecular complexity index is 410. The minimum absolute atomic E-state index is 0.207. The van der Waals surface area contributed by atoms with Crippen molar-refractivity contribution in [3.8, 4) is 0 Å². The molecule has 4 nitrogen and oxygen atoms in total. The highest BCUT2D eigenvalue weighted by Gasteiger charge is 2.08. The van der Waals surface area contributed by atoms with Crippen LogP contribution >= 0.6 is 0 Å². The molecule has 0 saturated heterocycles. The molecule has 2 heterocycles. The number of aliphatic hydroxyl groups excluding tert-OH is 1. The quantitative estimate of drug-likeness (QED) is 0.694. The maximum atomic E-state index is 9.56. The first kappa shape index (κ1) is 8.22. The summed E-state index contributed by atoms with van der Waals surface area (Å²) in [4.78, 5) is 0. The number of nitrogens with two attached hydrogens (primary N) is 1. The van der Waals surface area contributed by atoms with Crippen LogP contribution in [0.25, 0.3) is 5.52 Å². The molecule has 0 aromatic carbocycles. The van der Waals surface area contributed by atoms with Gasteiger partial charge in [0, 0.05) is 12.7 Å². The van der Waals surface area contributed by atoms with Crippen LogP contribution < -0.4 is 5.73 Å². The third kappa shape index (κ3) is 1.30. The summed E-state index contributed by atoms with van der Waals surface area (Å²) in [6, 6.07) is 7.51. The predicted molar refractivity (Wildman–Crippen MR) is 49.2 cm³/mol. The highest BCUT2D eigenvalue weighted by Crippen LogP contribution is 2.13. The van der Waals surface area contributed by atoms with Crippen LogP contribution in [0.15, 0.2) is 30.5 Å². The Hall–Kier alpha value is -1.39. The highest BCUT2D eigenvalue weighted by molar-refractivity contribution is 5.46. The second-order valence-electron chi connectivity index (χ2n) is 2.87. The summed E-state index contributed by atoms with van der Waals surface area (Å²) < 4.78 is 1.69. The number of fused-ring (bicyclic) bond motifs is 1. The summed E-state index contributed by atoms with van der Waals surface area (Å²) in [5.41, 5.74) is 7.06. The fourth-order valence-corrected chi connectivity index (χ4v) is 1.34. The zero-order valence-electron chi connectivity index (χ0n) is 7.09. The van der Waals surface area contributed by atoms with Crippen LogP contribution in [0.4, 0.5) is 0 Å². The number of aromatic nitrogens is 2. The van der Waals surface area contributed by atoms with E-state index in [1.807, 2.05) is 24.3 Å². The lowest BCUT2D eigenvalue weighted by Crippen LogP contribution is -2.15. The Morgan fingerprint density at radius 2 is 2.31 bits per heavy atom. The molecule has 4 heteroatoms. The van der Waals surface area contributed by atoms with Gasteiger partial charge in [-0.25, -0.2) is 4.52 Å². The fraction of sp³-hybridized carbons (Fsp3) is 0.222. The molecule has 0 spiro atoms. The molecule has 1 atom stereocenters. The largest absolute Gasteiger partial charge is 0.385 e. The third-order valence-corrected chi connectivity index (χ3v) is 2.02. The molecular weight excluding hydrogens is 166 g/mol. The van der Waals surface area contributed by atoms with Gasteiger partial charge in [-0.1, -0.05) is 6.07 Å². The SMILES string of the molecule is NCC(O)c1cccc2ccnn12. The average molecular weight is 177 g/mol. The van der Waals surface area contributed by atoms with Gasteiger partial charge in [0.25, 0.3) is 0 Å². The first-order chi connectivity index (χ1) is 6.33. The molecule has 0 aliphatic carbocycles. The zero-order chi connectivity index (χ0) is 9.26. The standard InChI is InChI=1S/C9H11N3O/c10-6-9(13)8-3-1-2-7-4-5-11-12(7)8/h1-5,9,13H,6,10H2. The first-order valence-electron chi connectivity index (χ1n) is 4.13. The van der Waals surface area contributed by atoms with E-state index in [1.165, 1.54) is 0 Å². The molecular formula is C9H11N3O. The predicted octanol–water partition coefficient (Wildman–Crippen LogP) is 0.326. The molecule has 0 bridgehead atoms. The highest BCUT2D eigenvalue weighted by atomic mass is 16.3. The van der Waals surface area contributed by atoms with Gasteiger partial charge in [0.05, 0.1) is 11.2 Å². The molecule has 0 amide bonds. The van der Waals surface area contributed by atoms with Crippen molar-refractivity contribution in [3.05, 3.63) is 36.2 Å². The van der Waals surface area contributed by atoms with Crippen LogP contribution in [0.1, 0.15) is 11.8 Å². The normalized spacial score (nSPS) is 13.4. The number of aliphatic hydroxyl groups is 1. The Morgan fingerprint density at radius 1 is 1.46 bits per heavy atom. The van der Waals surface area contributed by atoms with E-state index in [2.05, 4.69) is 5.10 Å². The Kier molecular flexibility index (Phi) is 2.00. The summed E-state index contributed by atoms with van der Waals surface area (Å²) in [6.45, 7) is 0.207. The van der Waals surface area contributed by atoms with Crippen molar-refractivity contribution in [1.29, 1.82) is 0 Å². The maximum Gasteiger partial charge on any atom is 0.108 e. The lowest BCUT2D eigenvalue weighted by atomic mass is 10.2. The maximum absolute atomic E-state index is 9.56. The molecule has 3 N–H and O–H groups in total. The van der Waals surface area contributed by atoms with Gasteiger partial charge in [-0.05, 0) is 18.2 Å². The Morgan fingerprint density at radius 3 is 3.08 bits per heavy atom. The number of rotatable bonds is 2. The molecule has 0 aliphatic rings. The molecule has 68 valence electrons. The number of hydrogen-bond acceptors (Lipinski definition) is 3. The minimum atomic E-state index is -0.649. The average Bonchev–Trinajstić information content (AvgIpc) is 2.63. The van der Waals surface area contributed by atoms with Crippen LogP contribution in [0.2, 0.25) is 0 Å². The van der Waals surface area contributed by atoms with Gasteiger partial charge in [0.2, 0.25) is 0 Å². The van der Waals surface area contributed by atoms with Crippen molar-refractivity contribution in [2.45, 2.75) is 6.10 Å². The summed E-state index contributed by atoms with van der Waals surface area (Å²) in [5.74, 6) is 0. The second kappa shape index (κ2) is 3.16. The van der Waals surface area contributed by atoms with E-state index in [9.17, 15) is 5.11 Å². The van der Waals surface area contributed by atoms with Crippen molar-refractivity contribution in [2.75, 3.05) is 6.54 Å². The Balaban J connectivity index is 2.60. The van der Waals surface area contributed by atoms with Crippen LogP contribution in [-0.2, 0) is 0 Å². The van der Waals surface area contributed by atoms with Gasteiger partial charge >= 0.3 is 0 Å². The lowest BCUT2D eigenvalue weighted by Gasteiger charge is -2.09. The molecule has 2 aromatic rings. The second-order valence-corrected chi connectivity index (χ2v) is 2.87. The molecule has 0 fully saturated rings. The van der Waals surface area contributed by atoms with Gasteiger partial charge in [-0.3, -0.25) is 0 Å². The molecule has 2 aromatic heterocycles. The monoisotopic (exact) mass is 177 g/mol. The number of hydrogen-bond donors (Lipinski definition) is 2. The van der Waals surface area contributed by atoms with Crippen LogP contribution in [0, 0.1) is 0 Å². The van der Waals surface area contributed by atoms with Crippen molar-refractivity contribution in [2.24, 2.45) is 5.73 Å². The fourth-order valence-electron chi connectivity index (χ4n) is 1.34. The van der Waals surface area contributed by atoms with E-state index in [-0.39, 0.29) is 6.54 Å². The Labute approximate surface area is 75.6 Å². The van der Waals surface area contributed by atoms with E-state index >= 15 is 0 Å². The van der Waals surface area contributed by atoms with E-state index < -0.39 is 6.10 Å². The lowest BCUT2D eigenvalue weighted by molar-refractivity contribution is 0.179. The molecule has 13 heavy (non-hydrogen) atoms. The van der Waals surface area contributed by atoms with Crippen molar-refractivity contribution < 1.29 is 5.11 Å². The molecule has 2 rings (SSSR count). The number of nitrogens with zero attached hydrogens (tertiary/aromatic N) is 2. The number of pyridine rings is 1. The summed E-state index contributed by atoms with van der Waals surface area (Å²) in [7, 11) is 0. The van der Waals surface area contributed by atoms with Gasteiger partial charge in [0.1, 0.15) is 6.10 Å². The minimum Gasteiger partial charge on any atom is -0.385 e. The molecule has 0 aliphatic heterocycles. The van der Waals surface area contributed by atoms with Crippen molar-refractivity contribution in [1.82, 2.24) is 9.61 Å². The summed E-state index contributed by atoms with van der Waals surface area (Å²) in [6.07, 6.45) is 1.05. The van der Waals surface area contributed by atoms with Gasteiger partial charge in [-0.2, -0.15) is 5.10 Å². The van der Waals surface area contributed by atoms with E-state index in [1.54, 1.807) is 10.7 Å².